The number of hydrogen-bond donors (Lipinski definition) is 1. The standard InChI is InChI=1S/C21H23N3OS2/c1-3-21(2)12-15-16(13-25-21)27-19-17(15)18(22)23-20(24-19)26-11-7-10-14-8-5-4-6-9-14/h4-10H,3,11-13H2,1-2H3,(H2,22,23,24)/b10-7-/t21-/m1/s1. The highest BCUT2D eigenvalue weighted by atomic mass is 32.2. The average molecular weight is 398 g/mol. The molecule has 0 saturated heterocycles. The molecule has 0 unspecified atom stereocenters. The van der Waals surface area contributed by atoms with Gasteiger partial charge in [0.05, 0.1) is 17.6 Å². The lowest BCUT2D eigenvalue weighted by molar-refractivity contribution is -0.0542. The predicted octanol–water partition coefficient (Wildman–Crippen LogP) is 5.32. The molecule has 1 atom stereocenters. The molecule has 3 heterocycles. The summed E-state index contributed by atoms with van der Waals surface area (Å²) in [6, 6.07) is 10.3. The number of rotatable bonds is 5. The van der Waals surface area contributed by atoms with E-state index in [9.17, 15) is 0 Å². The molecule has 6 heteroatoms. The van der Waals surface area contributed by atoms with Gasteiger partial charge in [-0.15, -0.1) is 11.3 Å². The van der Waals surface area contributed by atoms with Crippen LogP contribution in [0.2, 0.25) is 0 Å². The molecule has 0 spiro atoms. The molecule has 1 aromatic carbocycles. The quantitative estimate of drug-likeness (QED) is 0.466. The molecule has 0 radical (unpaired) electrons. The molecule has 0 fully saturated rings. The summed E-state index contributed by atoms with van der Waals surface area (Å²) in [4.78, 5) is 11.5. The van der Waals surface area contributed by atoms with Crippen LogP contribution >= 0.6 is 23.1 Å². The maximum atomic E-state index is 6.33. The van der Waals surface area contributed by atoms with Gasteiger partial charge in [0.15, 0.2) is 5.16 Å². The van der Waals surface area contributed by atoms with E-state index in [1.165, 1.54) is 16.0 Å². The van der Waals surface area contributed by atoms with Crippen molar-refractivity contribution in [2.24, 2.45) is 0 Å². The second kappa shape index (κ2) is 7.62. The third-order valence-corrected chi connectivity index (χ3v) is 6.91. The van der Waals surface area contributed by atoms with Crippen LogP contribution in [0.5, 0.6) is 0 Å². The summed E-state index contributed by atoms with van der Waals surface area (Å²) in [6.45, 7) is 4.97. The van der Waals surface area contributed by atoms with E-state index in [0.717, 1.165) is 34.0 Å². The molecule has 27 heavy (non-hydrogen) atoms. The van der Waals surface area contributed by atoms with Crippen molar-refractivity contribution in [2.45, 2.75) is 44.1 Å². The smallest absolute Gasteiger partial charge is 0.191 e. The maximum absolute atomic E-state index is 6.33. The number of ether oxygens (including phenoxy) is 1. The van der Waals surface area contributed by atoms with E-state index in [1.54, 1.807) is 23.1 Å². The minimum absolute atomic E-state index is 0.122. The summed E-state index contributed by atoms with van der Waals surface area (Å²) >= 11 is 3.29. The Hall–Kier alpha value is -1.89. The highest BCUT2D eigenvalue weighted by Gasteiger charge is 2.32. The Bertz CT molecular complexity index is 984. The van der Waals surface area contributed by atoms with Crippen molar-refractivity contribution >= 4 is 45.2 Å². The third kappa shape index (κ3) is 3.88. The molecular formula is C21H23N3OS2. The van der Waals surface area contributed by atoms with Gasteiger partial charge in [-0.3, -0.25) is 0 Å². The predicted molar refractivity (Wildman–Crippen MR) is 115 cm³/mol. The molecule has 0 aliphatic carbocycles. The molecule has 3 aromatic rings. The fourth-order valence-electron chi connectivity index (χ4n) is 3.24. The second-order valence-corrected chi connectivity index (χ2v) is 9.04. The van der Waals surface area contributed by atoms with Crippen molar-refractivity contribution in [3.63, 3.8) is 0 Å². The first-order valence-corrected chi connectivity index (χ1v) is 10.9. The first-order chi connectivity index (χ1) is 13.1. The summed E-state index contributed by atoms with van der Waals surface area (Å²) in [5, 5.41) is 1.76. The lowest BCUT2D eigenvalue weighted by Gasteiger charge is -2.33. The van der Waals surface area contributed by atoms with Gasteiger partial charge in [-0.25, -0.2) is 9.97 Å². The first-order valence-electron chi connectivity index (χ1n) is 9.14. The van der Waals surface area contributed by atoms with E-state index >= 15 is 0 Å². The lowest BCUT2D eigenvalue weighted by Crippen LogP contribution is -2.33. The number of nitrogens with zero attached hydrogens (tertiary/aromatic N) is 2. The van der Waals surface area contributed by atoms with Crippen LogP contribution in [-0.2, 0) is 17.8 Å². The highest BCUT2D eigenvalue weighted by Crippen LogP contribution is 2.41. The number of fused-ring (bicyclic) bond motifs is 3. The van der Waals surface area contributed by atoms with Crippen molar-refractivity contribution in [3.05, 3.63) is 52.4 Å². The van der Waals surface area contributed by atoms with Crippen LogP contribution in [0.3, 0.4) is 0 Å². The average Bonchev–Trinajstić information content (AvgIpc) is 3.04. The lowest BCUT2D eigenvalue weighted by atomic mass is 9.90. The molecule has 0 saturated carbocycles. The van der Waals surface area contributed by atoms with E-state index in [-0.39, 0.29) is 5.60 Å². The van der Waals surface area contributed by atoms with Gasteiger partial charge in [0.25, 0.3) is 0 Å². The molecule has 0 bridgehead atoms. The summed E-state index contributed by atoms with van der Waals surface area (Å²) in [5.41, 5.74) is 8.69. The molecule has 2 aromatic heterocycles. The van der Waals surface area contributed by atoms with Crippen LogP contribution in [0.1, 0.15) is 36.3 Å². The van der Waals surface area contributed by atoms with Gasteiger partial charge in [-0.1, -0.05) is 61.2 Å². The molecule has 4 rings (SSSR count). The molecule has 4 nitrogen and oxygen atoms in total. The Balaban J connectivity index is 1.54. The zero-order valence-corrected chi connectivity index (χ0v) is 17.2. The molecule has 1 aliphatic heterocycles. The van der Waals surface area contributed by atoms with Gasteiger partial charge >= 0.3 is 0 Å². The number of thioether (sulfide) groups is 1. The van der Waals surface area contributed by atoms with Crippen LogP contribution in [0.4, 0.5) is 5.82 Å². The number of benzene rings is 1. The Morgan fingerprint density at radius 3 is 2.89 bits per heavy atom. The van der Waals surface area contributed by atoms with Gasteiger partial charge in [-0.2, -0.15) is 0 Å². The number of thiophene rings is 1. The minimum Gasteiger partial charge on any atom is -0.383 e. The Morgan fingerprint density at radius 2 is 2.11 bits per heavy atom. The number of anilines is 1. The summed E-state index contributed by atoms with van der Waals surface area (Å²) < 4.78 is 6.07. The minimum atomic E-state index is -0.122. The number of hydrogen-bond acceptors (Lipinski definition) is 6. The summed E-state index contributed by atoms with van der Waals surface area (Å²) in [5.74, 6) is 1.40. The van der Waals surface area contributed by atoms with E-state index in [4.69, 9.17) is 15.5 Å². The Labute approximate surface area is 167 Å². The van der Waals surface area contributed by atoms with Gasteiger partial charge in [0.2, 0.25) is 0 Å². The van der Waals surface area contributed by atoms with Crippen molar-refractivity contribution < 1.29 is 4.74 Å². The number of aromatic nitrogens is 2. The third-order valence-electron chi connectivity index (χ3n) is 5.01. The van der Waals surface area contributed by atoms with E-state index in [0.29, 0.717) is 12.4 Å². The fourth-order valence-corrected chi connectivity index (χ4v) is 5.07. The van der Waals surface area contributed by atoms with Crippen molar-refractivity contribution in [1.82, 2.24) is 9.97 Å². The summed E-state index contributed by atoms with van der Waals surface area (Å²) in [7, 11) is 0. The zero-order chi connectivity index (χ0) is 18.9. The topological polar surface area (TPSA) is 61.0 Å². The summed E-state index contributed by atoms with van der Waals surface area (Å²) in [6.07, 6.45) is 6.09. The molecule has 0 amide bonds. The number of nitrogen functional groups attached to an aromatic ring is 1. The van der Waals surface area contributed by atoms with Gasteiger partial charge in [0, 0.05) is 17.1 Å². The normalized spacial score (nSPS) is 19.6. The van der Waals surface area contributed by atoms with Crippen LogP contribution < -0.4 is 5.73 Å². The second-order valence-electron chi connectivity index (χ2n) is 6.97. The molecule has 2 N–H and O–H groups in total. The van der Waals surface area contributed by atoms with E-state index in [2.05, 4.69) is 43.1 Å². The van der Waals surface area contributed by atoms with E-state index < -0.39 is 0 Å². The number of nitrogens with two attached hydrogens (primary N) is 1. The van der Waals surface area contributed by atoms with Crippen LogP contribution in [0.25, 0.3) is 16.3 Å². The Morgan fingerprint density at radius 1 is 1.30 bits per heavy atom. The van der Waals surface area contributed by atoms with Gasteiger partial charge in [-0.05, 0) is 24.5 Å². The SMILES string of the molecule is CC[C@]1(C)Cc2c(sc3nc(SC/C=C\c4ccccc4)nc(N)c23)CO1. The van der Waals surface area contributed by atoms with E-state index in [1.807, 2.05) is 18.2 Å². The van der Waals surface area contributed by atoms with Gasteiger partial charge in [0.1, 0.15) is 10.6 Å². The largest absolute Gasteiger partial charge is 0.383 e. The molecule has 1 aliphatic rings. The van der Waals surface area contributed by atoms with Crippen LogP contribution in [0.15, 0.2) is 41.6 Å². The zero-order valence-electron chi connectivity index (χ0n) is 15.6. The maximum Gasteiger partial charge on any atom is 0.191 e. The van der Waals surface area contributed by atoms with Crippen LogP contribution in [-0.4, -0.2) is 21.3 Å². The monoisotopic (exact) mass is 397 g/mol. The Kier molecular flexibility index (Phi) is 5.21. The molecular weight excluding hydrogens is 374 g/mol. The first kappa shape index (κ1) is 18.5. The molecule has 140 valence electrons. The van der Waals surface area contributed by atoms with Crippen molar-refractivity contribution in [1.29, 1.82) is 0 Å². The van der Waals surface area contributed by atoms with Crippen molar-refractivity contribution in [2.75, 3.05) is 11.5 Å². The van der Waals surface area contributed by atoms with Crippen molar-refractivity contribution in [3.8, 4) is 0 Å². The fraction of sp³-hybridized carbons (Fsp3) is 0.333. The van der Waals surface area contributed by atoms with Crippen LogP contribution in [0, 0.1) is 0 Å². The van der Waals surface area contributed by atoms with Gasteiger partial charge < -0.3 is 10.5 Å². The highest BCUT2D eigenvalue weighted by molar-refractivity contribution is 7.99.